The molecule has 0 saturated carbocycles. The van der Waals surface area contributed by atoms with Crippen molar-refractivity contribution in [1.29, 1.82) is 0 Å². The minimum atomic E-state index is -1.10. The van der Waals surface area contributed by atoms with E-state index in [2.05, 4.69) is 47.0 Å². The summed E-state index contributed by atoms with van der Waals surface area (Å²) in [6.45, 7) is 7.11. The van der Waals surface area contributed by atoms with E-state index in [9.17, 15) is 4.79 Å². The second kappa shape index (κ2) is 7.25. The third-order valence-corrected chi connectivity index (χ3v) is 5.97. The molecule has 1 N–H and O–H groups in total. The lowest BCUT2D eigenvalue weighted by Gasteiger charge is -2.17. The first-order valence-electron chi connectivity index (χ1n) is 7.50. The van der Waals surface area contributed by atoms with E-state index >= 15 is 0 Å². The van der Waals surface area contributed by atoms with Gasteiger partial charge in [-0.1, -0.05) is 56.0 Å². The van der Waals surface area contributed by atoms with Crippen molar-refractivity contribution in [2.75, 3.05) is 5.32 Å². The maximum atomic E-state index is 12.5. The summed E-state index contributed by atoms with van der Waals surface area (Å²) in [6, 6.07) is 16.8. The van der Waals surface area contributed by atoms with Gasteiger partial charge < -0.3 is 5.32 Å². The molecule has 2 aromatic carbocycles. The molecule has 0 unspecified atom stereocenters. The minimum absolute atomic E-state index is 0.0760. The number of amides is 1. The van der Waals surface area contributed by atoms with Crippen molar-refractivity contribution in [1.82, 2.24) is 0 Å². The molecule has 0 bridgehead atoms. The van der Waals surface area contributed by atoms with Crippen LogP contribution in [0.4, 0.5) is 5.69 Å². The third kappa shape index (κ3) is 4.82. The summed E-state index contributed by atoms with van der Waals surface area (Å²) in [5.74, 6) is -0.0760. The molecule has 2 rings (SSSR count). The quantitative estimate of drug-likeness (QED) is 0.678. The Morgan fingerprint density at radius 3 is 2.36 bits per heavy atom. The van der Waals surface area contributed by atoms with Crippen LogP contribution in [0.5, 0.6) is 0 Å². The molecular formula is C18H22BrNOSi. The number of halogens is 1. The average molecular weight is 376 g/mol. The van der Waals surface area contributed by atoms with E-state index in [4.69, 9.17) is 0 Å². The van der Waals surface area contributed by atoms with Crippen LogP contribution in [0.15, 0.2) is 53.0 Å². The molecule has 1 amide bonds. The maximum Gasteiger partial charge on any atom is 0.256 e. The smallest absolute Gasteiger partial charge is 0.256 e. The predicted octanol–water partition coefficient (Wildman–Crippen LogP) is 5.58. The SMILES string of the molecule is C[Si](C)(C)CCc1ccccc1NC(=O)c1ccccc1Br. The van der Waals surface area contributed by atoms with Crippen LogP contribution in [-0.4, -0.2) is 14.0 Å². The van der Waals surface area contributed by atoms with Crippen LogP contribution in [0, 0.1) is 0 Å². The summed E-state index contributed by atoms with van der Waals surface area (Å²) in [7, 11) is -1.10. The molecule has 0 fully saturated rings. The van der Waals surface area contributed by atoms with Gasteiger partial charge in [-0.15, -0.1) is 0 Å². The molecule has 22 heavy (non-hydrogen) atoms. The molecule has 0 radical (unpaired) electrons. The lowest BCUT2D eigenvalue weighted by Crippen LogP contribution is -2.20. The van der Waals surface area contributed by atoms with Crippen LogP contribution in [0.25, 0.3) is 0 Å². The highest BCUT2D eigenvalue weighted by Gasteiger charge is 2.15. The molecule has 0 aromatic heterocycles. The number of carbonyl (C=O) groups excluding carboxylic acids is 1. The Balaban J connectivity index is 2.16. The Bertz CT molecular complexity index is 664. The fourth-order valence-corrected chi connectivity index (χ4v) is 3.69. The molecular weight excluding hydrogens is 354 g/mol. The highest BCUT2D eigenvalue weighted by atomic mass is 79.9. The Morgan fingerprint density at radius 2 is 1.68 bits per heavy atom. The molecule has 2 aromatic rings. The van der Waals surface area contributed by atoms with Gasteiger partial charge in [0.15, 0.2) is 0 Å². The van der Waals surface area contributed by atoms with Crippen LogP contribution in [-0.2, 0) is 6.42 Å². The van der Waals surface area contributed by atoms with Gasteiger partial charge in [0.1, 0.15) is 0 Å². The number of anilines is 1. The number of hydrogen-bond donors (Lipinski definition) is 1. The normalized spacial score (nSPS) is 11.3. The minimum Gasteiger partial charge on any atom is -0.322 e. The number of hydrogen-bond acceptors (Lipinski definition) is 1. The Labute approximate surface area is 142 Å². The number of para-hydroxylation sites is 1. The highest BCUT2D eigenvalue weighted by molar-refractivity contribution is 9.10. The van der Waals surface area contributed by atoms with E-state index in [0.717, 1.165) is 16.6 Å². The molecule has 4 heteroatoms. The van der Waals surface area contributed by atoms with E-state index in [1.165, 1.54) is 11.6 Å². The lowest BCUT2D eigenvalue weighted by atomic mass is 10.1. The summed E-state index contributed by atoms with van der Waals surface area (Å²) in [5.41, 5.74) is 2.79. The van der Waals surface area contributed by atoms with Crippen molar-refractivity contribution in [2.45, 2.75) is 32.1 Å². The molecule has 116 valence electrons. The van der Waals surface area contributed by atoms with E-state index in [1.807, 2.05) is 42.5 Å². The van der Waals surface area contributed by atoms with Crippen molar-refractivity contribution < 1.29 is 4.79 Å². The summed E-state index contributed by atoms with van der Waals surface area (Å²) < 4.78 is 0.812. The monoisotopic (exact) mass is 375 g/mol. The predicted molar refractivity (Wildman–Crippen MR) is 100 cm³/mol. The number of rotatable bonds is 5. The highest BCUT2D eigenvalue weighted by Crippen LogP contribution is 2.23. The van der Waals surface area contributed by atoms with Crippen LogP contribution < -0.4 is 5.32 Å². The standard InChI is InChI=1S/C18H22BrNOSi/c1-22(2,3)13-12-14-8-4-7-11-17(14)20-18(21)15-9-5-6-10-16(15)19/h4-11H,12-13H2,1-3H3,(H,20,21). The van der Waals surface area contributed by atoms with Crippen molar-refractivity contribution in [2.24, 2.45) is 0 Å². The van der Waals surface area contributed by atoms with Gasteiger partial charge >= 0.3 is 0 Å². The van der Waals surface area contributed by atoms with Crippen LogP contribution in [0.3, 0.4) is 0 Å². The number of benzene rings is 2. The largest absolute Gasteiger partial charge is 0.322 e. The van der Waals surface area contributed by atoms with Crippen molar-refractivity contribution in [3.8, 4) is 0 Å². The summed E-state index contributed by atoms with van der Waals surface area (Å²) >= 11 is 3.43. The lowest BCUT2D eigenvalue weighted by molar-refractivity contribution is 0.102. The fourth-order valence-electron chi connectivity index (χ4n) is 2.20. The van der Waals surface area contributed by atoms with Gasteiger partial charge in [0.05, 0.1) is 5.56 Å². The number of aryl methyl sites for hydroxylation is 1. The number of nitrogens with one attached hydrogen (secondary N) is 1. The summed E-state index contributed by atoms with van der Waals surface area (Å²) in [4.78, 5) is 12.5. The van der Waals surface area contributed by atoms with Crippen LogP contribution >= 0.6 is 15.9 Å². The van der Waals surface area contributed by atoms with Gasteiger partial charge in [0.2, 0.25) is 0 Å². The second-order valence-electron chi connectivity index (χ2n) is 6.65. The third-order valence-electron chi connectivity index (χ3n) is 3.53. The zero-order valence-corrected chi connectivity index (χ0v) is 15.9. The Morgan fingerprint density at radius 1 is 1.05 bits per heavy atom. The molecule has 0 aliphatic rings. The molecule has 0 saturated heterocycles. The van der Waals surface area contributed by atoms with Crippen LogP contribution in [0.1, 0.15) is 15.9 Å². The van der Waals surface area contributed by atoms with E-state index in [-0.39, 0.29) is 5.91 Å². The van der Waals surface area contributed by atoms with E-state index in [1.54, 1.807) is 0 Å². The van der Waals surface area contributed by atoms with Crippen molar-refractivity contribution >= 4 is 35.6 Å². The maximum absolute atomic E-state index is 12.5. The topological polar surface area (TPSA) is 29.1 Å². The molecule has 0 heterocycles. The second-order valence-corrected chi connectivity index (χ2v) is 13.1. The first-order valence-corrected chi connectivity index (χ1v) is 12.0. The summed E-state index contributed by atoms with van der Waals surface area (Å²) in [5, 5.41) is 3.05. The van der Waals surface area contributed by atoms with Gasteiger partial charge in [0, 0.05) is 18.2 Å². The zero-order valence-electron chi connectivity index (χ0n) is 13.3. The van der Waals surface area contributed by atoms with Crippen LogP contribution in [0.2, 0.25) is 25.7 Å². The van der Waals surface area contributed by atoms with E-state index in [0.29, 0.717) is 5.56 Å². The van der Waals surface area contributed by atoms with Gasteiger partial charge in [-0.25, -0.2) is 0 Å². The van der Waals surface area contributed by atoms with Crippen molar-refractivity contribution in [3.63, 3.8) is 0 Å². The van der Waals surface area contributed by atoms with Gasteiger partial charge in [-0.3, -0.25) is 4.79 Å². The van der Waals surface area contributed by atoms with Gasteiger partial charge in [0.25, 0.3) is 5.91 Å². The Kier molecular flexibility index (Phi) is 5.59. The van der Waals surface area contributed by atoms with Crippen molar-refractivity contribution in [3.05, 3.63) is 64.1 Å². The van der Waals surface area contributed by atoms with Gasteiger partial charge in [-0.05, 0) is 46.1 Å². The molecule has 0 aliphatic carbocycles. The molecule has 2 nitrogen and oxygen atoms in total. The molecule has 0 atom stereocenters. The molecule has 0 aliphatic heterocycles. The Hall–Kier alpha value is -1.39. The van der Waals surface area contributed by atoms with Gasteiger partial charge in [-0.2, -0.15) is 0 Å². The number of carbonyl (C=O) groups is 1. The first kappa shape index (κ1) is 17.0. The average Bonchev–Trinajstić information content (AvgIpc) is 2.46. The van der Waals surface area contributed by atoms with E-state index < -0.39 is 8.07 Å². The summed E-state index contributed by atoms with van der Waals surface area (Å²) in [6.07, 6.45) is 1.02. The zero-order chi connectivity index (χ0) is 16.2. The molecule has 0 spiro atoms. The first-order chi connectivity index (χ1) is 10.4. The fraction of sp³-hybridized carbons (Fsp3) is 0.278.